The minimum absolute atomic E-state index is 0.194. The van der Waals surface area contributed by atoms with E-state index < -0.39 is 12.0 Å². The van der Waals surface area contributed by atoms with Crippen LogP contribution in [-0.2, 0) is 4.79 Å². The van der Waals surface area contributed by atoms with Gasteiger partial charge in [-0.15, -0.1) is 0 Å². The maximum Gasteiger partial charge on any atom is 0.326 e. The van der Waals surface area contributed by atoms with Crippen molar-refractivity contribution in [3.8, 4) is 0 Å². The highest BCUT2D eigenvalue weighted by atomic mass is 16.4. The molecular formula is C16H24N2O3. The summed E-state index contributed by atoms with van der Waals surface area (Å²) in [6.07, 6.45) is 13.6. The highest BCUT2D eigenvalue weighted by Crippen LogP contribution is 2.18. The lowest BCUT2D eigenvalue weighted by molar-refractivity contribution is -0.139. The second-order valence-electron chi connectivity index (χ2n) is 5.81. The molecule has 2 aliphatic carbocycles. The molecule has 2 aliphatic rings. The molecule has 0 aromatic carbocycles. The Balaban J connectivity index is 1.86. The number of amides is 2. The molecule has 116 valence electrons. The number of carboxylic acids is 1. The maximum absolute atomic E-state index is 11.9. The monoisotopic (exact) mass is 292 g/mol. The van der Waals surface area contributed by atoms with Gasteiger partial charge in [-0.1, -0.05) is 36.6 Å². The molecule has 0 bridgehead atoms. The molecule has 5 nitrogen and oxygen atoms in total. The van der Waals surface area contributed by atoms with E-state index in [1.807, 2.05) is 0 Å². The molecule has 0 radical (unpaired) electrons. The predicted molar refractivity (Wildman–Crippen MR) is 81.0 cm³/mol. The van der Waals surface area contributed by atoms with E-state index in [0.717, 1.165) is 50.5 Å². The van der Waals surface area contributed by atoms with Crippen LogP contribution < -0.4 is 10.6 Å². The lowest BCUT2D eigenvalue weighted by atomic mass is 10.0. The normalized spacial score (nSPS) is 20.5. The van der Waals surface area contributed by atoms with E-state index in [2.05, 4.69) is 28.9 Å². The summed E-state index contributed by atoms with van der Waals surface area (Å²) in [5, 5.41) is 14.8. The third-order valence-electron chi connectivity index (χ3n) is 4.07. The fourth-order valence-corrected chi connectivity index (χ4v) is 2.90. The van der Waals surface area contributed by atoms with E-state index in [0.29, 0.717) is 6.42 Å². The van der Waals surface area contributed by atoms with Gasteiger partial charge in [0.05, 0.1) is 0 Å². The SMILES string of the molecule is O=C(NC1CCCC1)NC(CC1=CCCC=CC1)C(=O)O. The molecule has 5 heteroatoms. The Morgan fingerprint density at radius 3 is 2.71 bits per heavy atom. The van der Waals surface area contributed by atoms with E-state index in [-0.39, 0.29) is 12.1 Å². The highest BCUT2D eigenvalue weighted by molar-refractivity contribution is 5.82. The third kappa shape index (κ3) is 5.25. The van der Waals surface area contributed by atoms with Crippen molar-refractivity contribution < 1.29 is 14.7 Å². The van der Waals surface area contributed by atoms with Gasteiger partial charge in [-0.3, -0.25) is 0 Å². The maximum atomic E-state index is 11.9. The van der Waals surface area contributed by atoms with Gasteiger partial charge in [0, 0.05) is 6.04 Å². The van der Waals surface area contributed by atoms with Crippen LogP contribution >= 0.6 is 0 Å². The zero-order valence-electron chi connectivity index (χ0n) is 12.3. The number of carbonyl (C=O) groups is 2. The first kappa shape index (κ1) is 15.6. The van der Waals surface area contributed by atoms with Crippen molar-refractivity contribution in [2.45, 2.75) is 63.5 Å². The third-order valence-corrected chi connectivity index (χ3v) is 4.07. The van der Waals surface area contributed by atoms with Gasteiger partial charge in [0.15, 0.2) is 0 Å². The Labute approximate surface area is 125 Å². The van der Waals surface area contributed by atoms with Crippen molar-refractivity contribution in [1.29, 1.82) is 0 Å². The topological polar surface area (TPSA) is 78.4 Å². The Morgan fingerprint density at radius 1 is 1.24 bits per heavy atom. The average molecular weight is 292 g/mol. The fraction of sp³-hybridized carbons (Fsp3) is 0.625. The number of urea groups is 1. The summed E-state index contributed by atoms with van der Waals surface area (Å²) in [5.74, 6) is -0.981. The van der Waals surface area contributed by atoms with Gasteiger partial charge in [-0.05, 0) is 38.5 Å². The van der Waals surface area contributed by atoms with E-state index in [1.54, 1.807) is 0 Å². The van der Waals surface area contributed by atoms with E-state index in [1.165, 1.54) is 0 Å². The second kappa shape index (κ2) is 7.86. The van der Waals surface area contributed by atoms with Gasteiger partial charge in [-0.2, -0.15) is 0 Å². The van der Waals surface area contributed by atoms with Crippen molar-refractivity contribution in [3.05, 3.63) is 23.8 Å². The minimum atomic E-state index is -0.981. The molecule has 0 aromatic rings. The highest BCUT2D eigenvalue weighted by Gasteiger charge is 2.23. The number of hydrogen-bond donors (Lipinski definition) is 3. The minimum Gasteiger partial charge on any atom is -0.480 e. The van der Waals surface area contributed by atoms with Crippen molar-refractivity contribution in [1.82, 2.24) is 10.6 Å². The van der Waals surface area contributed by atoms with Crippen molar-refractivity contribution >= 4 is 12.0 Å². The lowest BCUT2D eigenvalue weighted by Gasteiger charge is -2.18. The standard InChI is InChI=1S/C16H24N2O3/c19-15(20)14(11-12-7-3-1-2-4-8-12)18-16(21)17-13-9-5-6-10-13/h1,3,8,13-14H,2,4-7,9-11H2,(H,19,20)(H2,17,18,21). The molecule has 2 rings (SSSR count). The van der Waals surface area contributed by atoms with Crippen LogP contribution in [0, 0.1) is 0 Å². The van der Waals surface area contributed by atoms with Crippen LogP contribution in [0.4, 0.5) is 4.79 Å². The second-order valence-corrected chi connectivity index (χ2v) is 5.81. The predicted octanol–water partition coefficient (Wildman–Crippen LogP) is 2.74. The summed E-state index contributed by atoms with van der Waals surface area (Å²) in [6.45, 7) is 0. The van der Waals surface area contributed by atoms with Crippen LogP contribution in [0.2, 0.25) is 0 Å². The van der Waals surface area contributed by atoms with Crippen LogP contribution in [0.15, 0.2) is 23.8 Å². The number of carboxylic acid groups (broad SMARTS) is 1. The van der Waals surface area contributed by atoms with Crippen molar-refractivity contribution in [2.24, 2.45) is 0 Å². The van der Waals surface area contributed by atoms with Crippen LogP contribution in [0.25, 0.3) is 0 Å². The molecule has 1 saturated carbocycles. The number of nitrogens with one attached hydrogen (secondary N) is 2. The molecule has 1 atom stereocenters. The summed E-state index contributed by atoms with van der Waals surface area (Å²) in [5.41, 5.74) is 1.08. The molecule has 1 unspecified atom stereocenters. The van der Waals surface area contributed by atoms with Crippen LogP contribution in [0.5, 0.6) is 0 Å². The van der Waals surface area contributed by atoms with Crippen molar-refractivity contribution in [3.63, 3.8) is 0 Å². The molecule has 0 aromatic heterocycles. The Hall–Kier alpha value is -1.78. The Morgan fingerprint density at radius 2 is 2.00 bits per heavy atom. The largest absolute Gasteiger partial charge is 0.480 e. The summed E-state index contributed by atoms with van der Waals surface area (Å²) >= 11 is 0. The Bertz CT molecular complexity index is 437. The average Bonchev–Trinajstić information content (AvgIpc) is 2.80. The number of aliphatic carboxylic acids is 1. The van der Waals surface area contributed by atoms with E-state index >= 15 is 0 Å². The lowest BCUT2D eigenvalue weighted by Crippen LogP contribution is -2.48. The van der Waals surface area contributed by atoms with Gasteiger partial charge in [0.1, 0.15) is 6.04 Å². The van der Waals surface area contributed by atoms with Crippen LogP contribution in [0.3, 0.4) is 0 Å². The number of rotatable bonds is 5. The van der Waals surface area contributed by atoms with Gasteiger partial charge < -0.3 is 15.7 Å². The summed E-state index contributed by atoms with van der Waals surface area (Å²) in [7, 11) is 0. The zero-order valence-corrected chi connectivity index (χ0v) is 12.3. The van der Waals surface area contributed by atoms with Gasteiger partial charge in [0.2, 0.25) is 0 Å². The summed E-state index contributed by atoms with van der Waals surface area (Å²) < 4.78 is 0. The molecule has 0 saturated heterocycles. The molecule has 2 amide bonds. The molecular weight excluding hydrogens is 268 g/mol. The van der Waals surface area contributed by atoms with Gasteiger partial charge in [-0.25, -0.2) is 9.59 Å². The quantitative estimate of drug-likeness (QED) is 0.682. The molecule has 0 heterocycles. The van der Waals surface area contributed by atoms with Crippen LogP contribution in [0.1, 0.15) is 51.4 Å². The first-order valence-corrected chi connectivity index (χ1v) is 7.78. The summed E-state index contributed by atoms with van der Waals surface area (Å²) in [6, 6.07) is -1.03. The molecule has 0 spiro atoms. The number of carbonyl (C=O) groups excluding carboxylic acids is 1. The summed E-state index contributed by atoms with van der Waals surface area (Å²) in [4.78, 5) is 23.2. The number of hydrogen-bond acceptors (Lipinski definition) is 2. The zero-order chi connectivity index (χ0) is 15.1. The van der Waals surface area contributed by atoms with Crippen LogP contribution in [-0.4, -0.2) is 29.2 Å². The molecule has 21 heavy (non-hydrogen) atoms. The first-order chi connectivity index (χ1) is 10.1. The van der Waals surface area contributed by atoms with E-state index in [4.69, 9.17) is 0 Å². The number of allylic oxidation sites excluding steroid dienone is 3. The Kier molecular flexibility index (Phi) is 5.84. The fourth-order valence-electron chi connectivity index (χ4n) is 2.90. The van der Waals surface area contributed by atoms with E-state index in [9.17, 15) is 14.7 Å². The molecule has 0 aliphatic heterocycles. The first-order valence-electron chi connectivity index (χ1n) is 7.78. The van der Waals surface area contributed by atoms with Gasteiger partial charge in [0.25, 0.3) is 0 Å². The molecule has 3 N–H and O–H groups in total. The van der Waals surface area contributed by atoms with Crippen molar-refractivity contribution in [2.75, 3.05) is 0 Å². The molecule has 1 fully saturated rings. The smallest absolute Gasteiger partial charge is 0.326 e. The van der Waals surface area contributed by atoms with Gasteiger partial charge >= 0.3 is 12.0 Å².